The van der Waals surface area contributed by atoms with E-state index in [2.05, 4.69) is 31.4 Å². The van der Waals surface area contributed by atoms with Gasteiger partial charge in [-0.25, -0.2) is 4.98 Å². The number of quaternary nitrogens is 1. The summed E-state index contributed by atoms with van der Waals surface area (Å²) in [6, 6.07) is 3.35. The van der Waals surface area contributed by atoms with Crippen molar-refractivity contribution < 1.29 is 9.59 Å². The number of rotatable bonds is 5. The molecule has 0 aliphatic heterocycles. The Kier molecular flexibility index (Phi) is 3.91. The molecule has 15 heavy (non-hydrogen) atoms. The molecule has 1 aromatic heterocycles. The zero-order chi connectivity index (χ0) is 11.3. The fraction of sp³-hybridized carbons (Fsp3) is 0.545. The first-order valence-corrected chi connectivity index (χ1v) is 5.17. The molecule has 0 spiro atoms. The van der Waals surface area contributed by atoms with Crippen LogP contribution in [-0.2, 0) is 0 Å². The van der Waals surface area contributed by atoms with Crippen LogP contribution in [0.25, 0.3) is 0 Å². The van der Waals surface area contributed by atoms with Crippen LogP contribution in [0.5, 0.6) is 5.75 Å². The Balaban J connectivity index is 2.30. The Morgan fingerprint density at radius 2 is 2.13 bits per heavy atom. The van der Waals surface area contributed by atoms with Crippen LogP contribution in [0, 0.1) is 0 Å². The summed E-state index contributed by atoms with van der Waals surface area (Å²) in [5, 5.41) is 12.6. The van der Waals surface area contributed by atoms with Gasteiger partial charge in [0.15, 0.2) is 11.6 Å². The van der Waals surface area contributed by atoms with Crippen molar-refractivity contribution >= 4 is 5.82 Å². The van der Waals surface area contributed by atoms with Crippen LogP contribution in [-0.4, -0.2) is 48.8 Å². The number of nitrogens with one attached hydrogen (secondary N) is 1. The molecule has 0 saturated heterocycles. The number of nitrogens with zero attached hydrogens (tertiary/aromatic N) is 2. The molecule has 2 N–H and O–H groups in total. The molecule has 0 bridgehead atoms. The van der Waals surface area contributed by atoms with Crippen LogP contribution in [0.15, 0.2) is 18.3 Å². The zero-order valence-electron chi connectivity index (χ0n) is 9.70. The second kappa shape index (κ2) is 4.98. The molecule has 0 radical (unpaired) electrons. The SMILES string of the molecule is C[N+](C)(C)CCCNc1ncccc1O. The summed E-state index contributed by atoms with van der Waals surface area (Å²) in [5.41, 5.74) is 0. The van der Waals surface area contributed by atoms with Crippen molar-refractivity contribution in [2.75, 3.05) is 39.5 Å². The first-order valence-electron chi connectivity index (χ1n) is 5.17. The van der Waals surface area contributed by atoms with Crippen molar-refractivity contribution in [3.05, 3.63) is 18.3 Å². The van der Waals surface area contributed by atoms with Crippen LogP contribution < -0.4 is 5.32 Å². The maximum absolute atomic E-state index is 9.44. The zero-order valence-corrected chi connectivity index (χ0v) is 9.70. The predicted octanol–water partition coefficient (Wildman–Crippen LogP) is 1.30. The largest absolute Gasteiger partial charge is 0.504 e. The average molecular weight is 210 g/mol. The molecule has 1 heterocycles. The standard InChI is InChI=1S/C11H19N3O/c1-14(2,3)9-5-8-13-11-10(15)6-4-7-12-11/h4,6-7H,5,8-9H2,1-3H3,(H-,12,13,15)/p+1. The summed E-state index contributed by atoms with van der Waals surface area (Å²) in [7, 11) is 6.49. The number of pyridine rings is 1. The van der Waals surface area contributed by atoms with Gasteiger partial charge in [-0.2, -0.15) is 0 Å². The molecule has 0 fully saturated rings. The normalized spacial score (nSPS) is 11.4. The first-order chi connectivity index (χ1) is 6.99. The Morgan fingerprint density at radius 3 is 2.73 bits per heavy atom. The molecule has 1 aromatic rings. The van der Waals surface area contributed by atoms with Gasteiger partial charge in [0.05, 0.1) is 27.7 Å². The van der Waals surface area contributed by atoms with Gasteiger partial charge in [0.2, 0.25) is 0 Å². The van der Waals surface area contributed by atoms with Gasteiger partial charge in [-0.15, -0.1) is 0 Å². The third-order valence-electron chi connectivity index (χ3n) is 2.08. The van der Waals surface area contributed by atoms with E-state index >= 15 is 0 Å². The van der Waals surface area contributed by atoms with Gasteiger partial charge in [0, 0.05) is 19.2 Å². The van der Waals surface area contributed by atoms with Crippen molar-refractivity contribution in [1.29, 1.82) is 0 Å². The van der Waals surface area contributed by atoms with Crippen LogP contribution >= 0.6 is 0 Å². The van der Waals surface area contributed by atoms with Gasteiger partial charge in [-0.3, -0.25) is 0 Å². The number of aromatic hydroxyl groups is 1. The van der Waals surface area contributed by atoms with E-state index in [1.807, 2.05) is 0 Å². The molecule has 4 nitrogen and oxygen atoms in total. The summed E-state index contributed by atoms with van der Waals surface area (Å²) in [6.07, 6.45) is 2.72. The van der Waals surface area contributed by atoms with Crippen LogP contribution in [0.3, 0.4) is 0 Å². The van der Waals surface area contributed by atoms with Crippen molar-refractivity contribution in [2.45, 2.75) is 6.42 Å². The smallest absolute Gasteiger partial charge is 0.168 e. The summed E-state index contributed by atoms with van der Waals surface area (Å²) >= 11 is 0. The Bertz CT molecular complexity index is 307. The summed E-state index contributed by atoms with van der Waals surface area (Å²) in [6.45, 7) is 1.93. The lowest BCUT2D eigenvalue weighted by atomic mass is 10.3. The van der Waals surface area contributed by atoms with E-state index in [9.17, 15) is 5.11 Å². The minimum absolute atomic E-state index is 0.211. The molecule has 4 heteroatoms. The van der Waals surface area contributed by atoms with Gasteiger partial charge in [-0.05, 0) is 12.1 Å². The fourth-order valence-corrected chi connectivity index (χ4v) is 1.29. The molecular weight excluding hydrogens is 190 g/mol. The van der Waals surface area contributed by atoms with E-state index in [0.717, 1.165) is 24.0 Å². The van der Waals surface area contributed by atoms with E-state index in [0.29, 0.717) is 5.82 Å². The highest BCUT2D eigenvalue weighted by atomic mass is 16.3. The highest BCUT2D eigenvalue weighted by Gasteiger charge is 2.06. The molecule has 1 rings (SSSR count). The Hall–Kier alpha value is -1.29. The molecule has 0 unspecified atom stereocenters. The van der Waals surface area contributed by atoms with Gasteiger partial charge in [0.1, 0.15) is 0 Å². The molecule has 0 aromatic carbocycles. The van der Waals surface area contributed by atoms with E-state index in [4.69, 9.17) is 0 Å². The van der Waals surface area contributed by atoms with E-state index in [1.165, 1.54) is 0 Å². The highest BCUT2D eigenvalue weighted by Crippen LogP contribution is 2.17. The summed E-state index contributed by atoms with van der Waals surface area (Å²) < 4.78 is 0.954. The van der Waals surface area contributed by atoms with E-state index in [1.54, 1.807) is 18.3 Å². The third-order valence-corrected chi connectivity index (χ3v) is 2.08. The van der Waals surface area contributed by atoms with Crippen molar-refractivity contribution in [2.24, 2.45) is 0 Å². The molecule has 0 atom stereocenters. The molecule has 0 amide bonds. The van der Waals surface area contributed by atoms with E-state index < -0.39 is 0 Å². The second-order valence-corrected chi connectivity index (χ2v) is 4.67. The molecule has 0 saturated carbocycles. The Morgan fingerprint density at radius 1 is 1.40 bits per heavy atom. The monoisotopic (exact) mass is 210 g/mol. The lowest BCUT2D eigenvalue weighted by Crippen LogP contribution is -2.36. The van der Waals surface area contributed by atoms with E-state index in [-0.39, 0.29) is 5.75 Å². The minimum Gasteiger partial charge on any atom is -0.504 e. The molecule has 0 aliphatic carbocycles. The van der Waals surface area contributed by atoms with Crippen molar-refractivity contribution in [3.63, 3.8) is 0 Å². The maximum Gasteiger partial charge on any atom is 0.168 e. The predicted molar refractivity (Wildman–Crippen MR) is 61.9 cm³/mol. The molecule has 0 aliphatic rings. The lowest BCUT2D eigenvalue weighted by molar-refractivity contribution is -0.870. The fourth-order valence-electron chi connectivity index (χ4n) is 1.29. The molecular formula is C11H20N3O+. The number of anilines is 1. The number of hydrogen-bond donors (Lipinski definition) is 2. The minimum atomic E-state index is 0.211. The van der Waals surface area contributed by atoms with Gasteiger partial charge in [-0.1, -0.05) is 0 Å². The third kappa shape index (κ3) is 4.65. The Labute approximate surface area is 91.2 Å². The van der Waals surface area contributed by atoms with Gasteiger partial charge >= 0.3 is 0 Å². The highest BCUT2D eigenvalue weighted by molar-refractivity contribution is 5.47. The van der Waals surface area contributed by atoms with Crippen molar-refractivity contribution in [1.82, 2.24) is 4.98 Å². The lowest BCUT2D eigenvalue weighted by Gasteiger charge is -2.23. The summed E-state index contributed by atoms with van der Waals surface area (Å²) in [5.74, 6) is 0.779. The van der Waals surface area contributed by atoms with Gasteiger partial charge < -0.3 is 14.9 Å². The van der Waals surface area contributed by atoms with Crippen LogP contribution in [0.2, 0.25) is 0 Å². The topological polar surface area (TPSA) is 45.2 Å². The first kappa shape index (κ1) is 11.8. The number of hydrogen-bond acceptors (Lipinski definition) is 3. The maximum atomic E-state index is 9.44. The number of aromatic nitrogens is 1. The van der Waals surface area contributed by atoms with Gasteiger partial charge in [0.25, 0.3) is 0 Å². The summed E-state index contributed by atoms with van der Waals surface area (Å²) in [4.78, 5) is 4.05. The van der Waals surface area contributed by atoms with Crippen LogP contribution in [0.1, 0.15) is 6.42 Å². The quantitative estimate of drug-likeness (QED) is 0.568. The molecule has 84 valence electrons. The average Bonchev–Trinajstić information content (AvgIpc) is 2.13. The van der Waals surface area contributed by atoms with Crippen LogP contribution in [0.4, 0.5) is 5.82 Å². The second-order valence-electron chi connectivity index (χ2n) is 4.67. The van der Waals surface area contributed by atoms with Crippen molar-refractivity contribution in [3.8, 4) is 5.75 Å².